The van der Waals surface area contributed by atoms with Crippen molar-refractivity contribution in [3.05, 3.63) is 48.5 Å². The fourth-order valence-corrected chi connectivity index (χ4v) is 6.12. The average molecular weight is 441 g/mol. The molecule has 2 aromatic rings. The van der Waals surface area contributed by atoms with Crippen LogP contribution in [0.2, 0.25) is 0 Å². The van der Waals surface area contributed by atoms with Gasteiger partial charge in [-0.15, -0.1) is 11.8 Å². The molecule has 0 aliphatic carbocycles. The van der Waals surface area contributed by atoms with E-state index in [1.165, 1.54) is 4.31 Å². The third kappa shape index (κ3) is 4.51. The topological polar surface area (TPSA) is 49.9 Å². The van der Waals surface area contributed by atoms with Crippen molar-refractivity contribution in [1.29, 1.82) is 0 Å². The first-order chi connectivity index (χ1) is 13.9. The van der Waals surface area contributed by atoms with Gasteiger partial charge in [-0.05, 0) is 30.7 Å². The summed E-state index contributed by atoms with van der Waals surface area (Å²) >= 11 is 1.62. The zero-order valence-electron chi connectivity index (χ0n) is 15.8. The lowest BCUT2D eigenvalue weighted by Gasteiger charge is -2.38. The number of likely N-dealkylation sites (tertiary alicyclic amines) is 1. The van der Waals surface area contributed by atoms with Gasteiger partial charge in [0.25, 0.3) is 15.9 Å². The highest BCUT2D eigenvalue weighted by Gasteiger charge is 2.43. The van der Waals surface area contributed by atoms with Crippen molar-refractivity contribution >= 4 is 27.5 Å². The number of hydrogen-bond acceptors (Lipinski definition) is 5. The van der Waals surface area contributed by atoms with Crippen molar-refractivity contribution in [2.24, 2.45) is 0 Å². The SMILES string of the molecule is O=S(=O)(c1ccccc1)N1CCSc2ccc(OCCCN3CC(F)(F)C3)cc21. The molecule has 0 saturated carbocycles. The number of ether oxygens (including phenoxy) is 1. The molecule has 9 heteroatoms. The van der Waals surface area contributed by atoms with E-state index in [4.69, 9.17) is 4.74 Å². The normalized spacial score (nSPS) is 18.8. The Morgan fingerprint density at radius 3 is 2.59 bits per heavy atom. The Balaban J connectivity index is 1.43. The summed E-state index contributed by atoms with van der Waals surface area (Å²) in [5.74, 6) is -1.29. The smallest absolute Gasteiger partial charge is 0.272 e. The molecule has 0 atom stereocenters. The Hall–Kier alpha value is -1.84. The first-order valence-corrected chi connectivity index (χ1v) is 11.9. The summed E-state index contributed by atoms with van der Waals surface area (Å²) in [6.07, 6.45) is 0.633. The van der Waals surface area contributed by atoms with E-state index < -0.39 is 15.9 Å². The van der Waals surface area contributed by atoms with Crippen LogP contribution in [0.4, 0.5) is 14.5 Å². The van der Waals surface area contributed by atoms with Crippen LogP contribution < -0.4 is 9.04 Å². The number of alkyl halides is 2. The van der Waals surface area contributed by atoms with Crippen molar-refractivity contribution in [2.45, 2.75) is 22.1 Å². The van der Waals surface area contributed by atoms with Crippen molar-refractivity contribution < 1.29 is 21.9 Å². The Labute approximate surface area is 173 Å². The van der Waals surface area contributed by atoms with Gasteiger partial charge in [-0.2, -0.15) is 0 Å². The third-order valence-corrected chi connectivity index (χ3v) is 7.75. The molecule has 0 aromatic heterocycles. The van der Waals surface area contributed by atoms with Crippen LogP contribution >= 0.6 is 11.8 Å². The molecule has 0 spiro atoms. The molecule has 5 nitrogen and oxygen atoms in total. The van der Waals surface area contributed by atoms with Gasteiger partial charge in [0.15, 0.2) is 0 Å². The second-order valence-corrected chi connectivity index (χ2v) is 10.1. The number of hydrogen-bond donors (Lipinski definition) is 0. The monoisotopic (exact) mass is 440 g/mol. The van der Waals surface area contributed by atoms with E-state index in [1.54, 1.807) is 53.1 Å². The molecular weight excluding hydrogens is 418 g/mol. The number of sulfonamides is 1. The van der Waals surface area contributed by atoms with E-state index >= 15 is 0 Å². The van der Waals surface area contributed by atoms with Gasteiger partial charge in [0.1, 0.15) is 5.75 Å². The molecule has 0 N–H and O–H groups in total. The molecule has 0 bridgehead atoms. The highest BCUT2D eigenvalue weighted by molar-refractivity contribution is 8.00. The van der Waals surface area contributed by atoms with Gasteiger partial charge in [-0.3, -0.25) is 9.21 Å². The summed E-state index contributed by atoms with van der Waals surface area (Å²) in [5, 5.41) is 0. The molecule has 4 rings (SSSR count). The minimum Gasteiger partial charge on any atom is -0.493 e. The van der Waals surface area contributed by atoms with Crippen LogP contribution in [0.5, 0.6) is 5.75 Å². The summed E-state index contributed by atoms with van der Waals surface area (Å²) in [6, 6.07) is 13.8. The van der Waals surface area contributed by atoms with Crippen LogP contribution in [0, 0.1) is 0 Å². The van der Waals surface area contributed by atoms with Crippen LogP contribution in [-0.4, -0.2) is 57.8 Å². The fourth-order valence-electron chi connectivity index (χ4n) is 3.48. The molecule has 156 valence electrons. The lowest BCUT2D eigenvalue weighted by molar-refractivity contribution is -0.130. The minimum absolute atomic E-state index is 0.185. The van der Waals surface area contributed by atoms with E-state index in [-0.39, 0.29) is 18.0 Å². The van der Waals surface area contributed by atoms with Gasteiger partial charge in [0, 0.05) is 29.8 Å². The van der Waals surface area contributed by atoms with Gasteiger partial charge in [0.05, 0.1) is 30.3 Å². The van der Waals surface area contributed by atoms with Gasteiger partial charge < -0.3 is 4.74 Å². The average Bonchev–Trinajstić information content (AvgIpc) is 2.69. The Kier molecular flexibility index (Phi) is 5.72. The zero-order chi connectivity index (χ0) is 20.5. The number of halogens is 2. The largest absolute Gasteiger partial charge is 0.493 e. The second kappa shape index (κ2) is 8.12. The summed E-state index contributed by atoms with van der Waals surface area (Å²) in [7, 11) is -3.65. The molecule has 2 aromatic carbocycles. The first kappa shape index (κ1) is 20.4. The second-order valence-electron chi connectivity index (χ2n) is 7.14. The molecular formula is C20H22F2N2O3S2. The third-order valence-electron chi connectivity index (χ3n) is 4.88. The lowest BCUT2D eigenvalue weighted by atomic mass is 10.1. The number of benzene rings is 2. The fraction of sp³-hybridized carbons (Fsp3) is 0.400. The van der Waals surface area contributed by atoms with E-state index in [0.29, 0.717) is 43.3 Å². The summed E-state index contributed by atoms with van der Waals surface area (Å²) in [6.45, 7) is 0.969. The quantitative estimate of drug-likeness (QED) is 0.615. The Bertz CT molecular complexity index is 963. The molecule has 29 heavy (non-hydrogen) atoms. The van der Waals surface area contributed by atoms with Gasteiger partial charge in [-0.25, -0.2) is 17.2 Å². The number of thioether (sulfide) groups is 1. The van der Waals surface area contributed by atoms with Crippen molar-refractivity contribution in [3.8, 4) is 5.75 Å². The minimum atomic E-state index is -3.65. The van der Waals surface area contributed by atoms with Gasteiger partial charge in [0.2, 0.25) is 0 Å². The molecule has 1 fully saturated rings. The summed E-state index contributed by atoms with van der Waals surface area (Å²) in [4.78, 5) is 2.85. The van der Waals surface area contributed by atoms with Crippen LogP contribution in [-0.2, 0) is 10.0 Å². The predicted molar refractivity (Wildman–Crippen MR) is 110 cm³/mol. The van der Waals surface area contributed by atoms with Crippen LogP contribution in [0.15, 0.2) is 58.3 Å². The number of nitrogens with zero attached hydrogens (tertiary/aromatic N) is 2. The van der Waals surface area contributed by atoms with Gasteiger partial charge >= 0.3 is 0 Å². The summed E-state index contributed by atoms with van der Waals surface area (Å²) < 4.78 is 59.1. The Morgan fingerprint density at radius 1 is 1.10 bits per heavy atom. The van der Waals surface area contributed by atoms with E-state index in [2.05, 4.69) is 0 Å². The van der Waals surface area contributed by atoms with E-state index in [9.17, 15) is 17.2 Å². The van der Waals surface area contributed by atoms with Gasteiger partial charge in [-0.1, -0.05) is 18.2 Å². The van der Waals surface area contributed by atoms with Crippen LogP contribution in [0.1, 0.15) is 6.42 Å². The molecule has 2 aliphatic heterocycles. The van der Waals surface area contributed by atoms with Crippen molar-refractivity contribution in [1.82, 2.24) is 4.90 Å². The van der Waals surface area contributed by atoms with E-state index in [0.717, 1.165) is 4.90 Å². The Morgan fingerprint density at radius 2 is 1.86 bits per heavy atom. The van der Waals surface area contributed by atoms with E-state index in [1.807, 2.05) is 12.1 Å². The molecule has 1 saturated heterocycles. The first-order valence-electron chi connectivity index (χ1n) is 9.43. The zero-order valence-corrected chi connectivity index (χ0v) is 17.4. The molecule has 0 unspecified atom stereocenters. The standard InChI is InChI=1S/C20H22F2N2O3S2/c21-20(22)14-23(15-20)9-4-11-27-16-7-8-19-18(13-16)24(10-12-28-19)29(25,26)17-5-2-1-3-6-17/h1-3,5-8,13H,4,9-12,14-15H2. The van der Waals surface area contributed by atoms with Crippen LogP contribution in [0.25, 0.3) is 0 Å². The maximum atomic E-state index is 13.1. The van der Waals surface area contributed by atoms with Crippen molar-refractivity contribution in [3.63, 3.8) is 0 Å². The molecule has 0 amide bonds. The maximum absolute atomic E-state index is 13.1. The molecule has 2 heterocycles. The molecule has 2 aliphatic rings. The highest BCUT2D eigenvalue weighted by Crippen LogP contribution is 2.40. The lowest BCUT2D eigenvalue weighted by Crippen LogP contribution is -2.56. The van der Waals surface area contributed by atoms with Crippen molar-refractivity contribution in [2.75, 3.05) is 42.8 Å². The molecule has 0 radical (unpaired) electrons. The summed E-state index contributed by atoms with van der Waals surface area (Å²) in [5.41, 5.74) is 0.616. The highest BCUT2D eigenvalue weighted by atomic mass is 32.2. The number of rotatable bonds is 7. The number of fused-ring (bicyclic) bond motifs is 1. The predicted octanol–water partition coefficient (Wildman–Crippen LogP) is 3.71. The van der Waals surface area contributed by atoms with Crippen LogP contribution in [0.3, 0.4) is 0 Å². The number of anilines is 1. The maximum Gasteiger partial charge on any atom is 0.272 e.